The van der Waals surface area contributed by atoms with E-state index in [1.807, 2.05) is 19.1 Å². The van der Waals surface area contributed by atoms with Crippen LogP contribution in [0.15, 0.2) is 83.0 Å². The highest BCUT2D eigenvalue weighted by Gasteiger charge is 2.19. The van der Waals surface area contributed by atoms with Gasteiger partial charge in [0, 0.05) is 17.1 Å². The molecule has 0 radical (unpaired) electrons. The highest BCUT2D eigenvalue weighted by molar-refractivity contribution is 5.97. The smallest absolute Gasteiger partial charge is 0.296 e. The number of benzene rings is 3. The van der Waals surface area contributed by atoms with Crippen molar-refractivity contribution in [2.45, 2.75) is 13.5 Å². The Morgan fingerprint density at radius 3 is 2.47 bits per heavy atom. The second-order valence-corrected chi connectivity index (χ2v) is 7.14. The molecule has 2 N–H and O–H groups in total. The SMILES string of the molecule is Cc1ccc(NC(=O)Cn2c(O)c(N=Nc3ccccc3[N+](=O)[O-])c3ccccc32)cc1. The van der Waals surface area contributed by atoms with Gasteiger partial charge in [0.2, 0.25) is 11.8 Å². The van der Waals surface area contributed by atoms with E-state index < -0.39 is 4.92 Å². The Kier molecular flexibility index (Phi) is 5.63. The molecular formula is C23H19N5O4. The second kappa shape index (κ2) is 8.68. The fourth-order valence-electron chi connectivity index (χ4n) is 3.32. The summed E-state index contributed by atoms with van der Waals surface area (Å²) in [5.74, 6) is -0.584. The van der Waals surface area contributed by atoms with Gasteiger partial charge in [-0.15, -0.1) is 10.2 Å². The van der Waals surface area contributed by atoms with Gasteiger partial charge in [-0.05, 0) is 31.2 Å². The lowest BCUT2D eigenvalue weighted by atomic mass is 10.2. The van der Waals surface area contributed by atoms with Crippen LogP contribution in [0, 0.1) is 17.0 Å². The normalized spacial score (nSPS) is 11.2. The Morgan fingerprint density at radius 2 is 1.72 bits per heavy atom. The monoisotopic (exact) mass is 429 g/mol. The van der Waals surface area contributed by atoms with Gasteiger partial charge in [-0.1, -0.05) is 48.0 Å². The lowest BCUT2D eigenvalue weighted by Gasteiger charge is -2.08. The van der Waals surface area contributed by atoms with Gasteiger partial charge in [0.15, 0.2) is 11.4 Å². The van der Waals surface area contributed by atoms with Crippen LogP contribution < -0.4 is 5.32 Å². The predicted octanol–water partition coefficient (Wildman–Crippen LogP) is 5.62. The summed E-state index contributed by atoms with van der Waals surface area (Å²) >= 11 is 0. The summed E-state index contributed by atoms with van der Waals surface area (Å²) in [5.41, 5.74) is 2.30. The van der Waals surface area contributed by atoms with Crippen molar-refractivity contribution in [3.63, 3.8) is 0 Å². The Hall–Kier alpha value is -4.53. The topological polar surface area (TPSA) is 122 Å². The largest absolute Gasteiger partial charge is 0.493 e. The van der Waals surface area contributed by atoms with E-state index in [0.717, 1.165) is 5.56 Å². The molecule has 9 heteroatoms. The molecule has 0 atom stereocenters. The van der Waals surface area contributed by atoms with Crippen LogP contribution in [0.25, 0.3) is 10.9 Å². The van der Waals surface area contributed by atoms with Crippen molar-refractivity contribution in [3.8, 4) is 5.88 Å². The van der Waals surface area contributed by atoms with Crippen molar-refractivity contribution >= 4 is 39.6 Å². The van der Waals surface area contributed by atoms with Crippen molar-refractivity contribution in [3.05, 3.63) is 88.5 Å². The molecule has 3 aromatic carbocycles. The third-order valence-corrected chi connectivity index (χ3v) is 4.89. The van der Waals surface area contributed by atoms with E-state index in [-0.39, 0.29) is 35.4 Å². The molecule has 0 saturated heterocycles. The van der Waals surface area contributed by atoms with Gasteiger partial charge in [0.05, 0.1) is 10.4 Å². The molecule has 1 aromatic heterocycles. The first-order valence-corrected chi connectivity index (χ1v) is 9.76. The van der Waals surface area contributed by atoms with Crippen molar-refractivity contribution in [2.75, 3.05) is 5.32 Å². The molecule has 0 saturated carbocycles. The van der Waals surface area contributed by atoms with Gasteiger partial charge < -0.3 is 15.0 Å². The van der Waals surface area contributed by atoms with Gasteiger partial charge in [-0.2, -0.15) is 0 Å². The number of nitro benzene ring substituents is 1. The zero-order valence-corrected chi connectivity index (χ0v) is 17.1. The summed E-state index contributed by atoms with van der Waals surface area (Å²) in [6, 6.07) is 20.3. The van der Waals surface area contributed by atoms with E-state index in [4.69, 9.17) is 0 Å². The predicted molar refractivity (Wildman–Crippen MR) is 121 cm³/mol. The number of hydrogen-bond donors (Lipinski definition) is 2. The quantitative estimate of drug-likeness (QED) is 0.235. The number of carbonyl (C=O) groups is 1. The minimum absolute atomic E-state index is 0.0610. The lowest BCUT2D eigenvalue weighted by Crippen LogP contribution is -2.18. The number of fused-ring (bicyclic) bond motifs is 1. The van der Waals surface area contributed by atoms with Crippen LogP contribution in [0.4, 0.5) is 22.7 Å². The number of nitrogens with one attached hydrogen (secondary N) is 1. The molecule has 4 rings (SSSR count). The Morgan fingerprint density at radius 1 is 1.03 bits per heavy atom. The molecular weight excluding hydrogens is 410 g/mol. The Labute approximate surface area is 182 Å². The number of nitrogens with zero attached hydrogens (tertiary/aromatic N) is 4. The summed E-state index contributed by atoms with van der Waals surface area (Å²) in [7, 11) is 0. The maximum atomic E-state index is 12.6. The molecule has 9 nitrogen and oxygen atoms in total. The van der Waals surface area contributed by atoms with E-state index >= 15 is 0 Å². The fourth-order valence-corrected chi connectivity index (χ4v) is 3.32. The number of hydrogen-bond acceptors (Lipinski definition) is 6. The maximum Gasteiger partial charge on any atom is 0.296 e. The molecule has 0 aliphatic rings. The molecule has 0 aliphatic carbocycles. The number of aromatic nitrogens is 1. The lowest BCUT2D eigenvalue weighted by molar-refractivity contribution is -0.384. The molecule has 0 bridgehead atoms. The second-order valence-electron chi connectivity index (χ2n) is 7.14. The Balaban J connectivity index is 1.67. The van der Waals surface area contributed by atoms with E-state index in [2.05, 4.69) is 15.5 Å². The average molecular weight is 429 g/mol. The molecule has 0 unspecified atom stereocenters. The molecule has 0 fully saturated rings. The van der Waals surface area contributed by atoms with Crippen LogP contribution in [0.3, 0.4) is 0 Å². The first-order chi connectivity index (χ1) is 15.4. The van der Waals surface area contributed by atoms with Gasteiger partial charge in [-0.3, -0.25) is 14.9 Å². The van der Waals surface area contributed by atoms with E-state index in [0.29, 0.717) is 16.6 Å². The first kappa shape index (κ1) is 20.7. The summed E-state index contributed by atoms with van der Waals surface area (Å²) in [6.45, 7) is 1.80. The third kappa shape index (κ3) is 4.17. The fraction of sp³-hybridized carbons (Fsp3) is 0.0870. The van der Waals surface area contributed by atoms with Gasteiger partial charge in [0.1, 0.15) is 6.54 Å². The number of nitro groups is 1. The number of azo groups is 1. The highest BCUT2D eigenvalue weighted by Crippen LogP contribution is 2.40. The molecule has 1 amide bonds. The standard InChI is InChI=1S/C23H19N5O4/c1-15-10-12-16(13-11-15)24-21(29)14-27-19-8-4-2-6-17(19)22(23(27)30)26-25-18-7-3-5-9-20(18)28(31)32/h2-13,30H,14H2,1H3,(H,24,29). The first-order valence-electron chi connectivity index (χ1n) is 9.76. The number of amides is 1. The van der Waals surface area contributed by atoms with E-state index in [1.54, 1.807) is 42.5 Å². The molecule has 0 aliphatic heterocycles. The molecule has 4 aromatic rings. The van der Waals surface area contributed by atoms with Gasteiger partial charge in [-0.25, -0.2) is 0 Å². The van der Waals surface area contributed by atoms with E-state index in [9.17, 15) is 20.0 Å². The highest BCUT2D eigenvalue weighted by atomic mass is 16.6. The van der Waals surface area contributed by atoms with Crippen LogP contribution in [0.1, 0.15) is 5.56 Å². The van der Waals surface area contributed by atoms with Gasteiger partial charge >= 0.3 is 0 Å². The van der Waals surface area contributed by atoms with Crippen LogP contribution >= 0.6 is 0 Å². The van der Waals surface area contributed by atoms with Crippen molar-refractivity contribution in [1.82, 2.24) is 4.57 Å². The van der Waals surface area contributed by atoms with Crippen molar-refractivity contribution < 1.29 is 14.8 Å². The number of aryl methyl sites for hydroxylation is 1. The Bertz CT molecular complexity index is 1340. The average Bonchev–Trinajstić information content (AvgIpc) is 3.05. The van der Waals surface area contributed by atoms with Crippen LogP contribution in [0.2, 0.25) is 0 Å². The summed E-state index contributed by atoms with van der Waals surface area (Å²) in [5, 5.41) is 33.5. The minimum atomic E-state index is -0.549. The number of para-hydroxylation sites is 2. The van der Waals surface area contributed by atoms with Gasteiger partial charge in [0.25, 0.3) is 5.69 Å². The van der Waals surface area contributed by atoms with Crippen molar-refractivity contribution in [1.29, 1.82) is 0 Å². The zero-order valence-electron chi connectivity index (χ0n) is 17.1. The summed E-state index contributed by atoms with van der Waals surface area (Å²) in [4.78, 5) is 23.3. The van der Waals surface area contributed by atoms with Crippen LogP contribution in [0.5, 0.6) is 5.88 Å². The maximum absolute atomic E-state index is 12.6. The van der Waals surface area contributed by atoms with Crippen LogP contribution in [-0.2, 0) is 11.3 Å². The third-order valence-electron chi connectivity index (χ3n) is 4.89. The number of anilines is 1. The number of aromatic hydroxyl groups is 1. The summed E-state index contributed by atoms with van der Waals surface area (Å²) < 4.78 is 1.42. The minimum Gasteiger partial charge on any atom is -0.493 e. The molecule has 0 spiro atoms. The van der Waals surface area contributed by atoms with E-state index in [1.165, 1.54) is 22.8 Å². The summed E-state index contributed by atoms with van der Waals surface area (Å²) in [6.07, 6.45) is 0. The van der Waals surface area contributed by atoms with Crippen molar-refractivity contribution in [2.24, 2.45) is 10.2 Å². The number of rotatable bonds is 6. The molecule has 160 valence electrons. The molecule has 32 heavy (non-hydrogen) atoms. The molecule has 1 heterocycles. The number of carbonyl (C=O) groups excluding carboxylic acids is 1. The van der Waals surface area contributed by atoms with Crippen LogP contribution in [-0.4, -0.2) is 20.5 Å². The zero-order chi connectivity index (χ0) is 22.7.